The highest BCUT2D eigenvalue weighted by Gasteiger charge is 2.36. The monoisotopic (exact) mass is 437 g/mol. The number of rotatable bonds is 4. The molecule has 5 rings (SSSR count). The molecule has 1 unspecified atom stereocenters. The number of ether oxygens (including phenoxy) is 1. The number of nitrogens with zero attached hydrogens (tertiary/aromatic N) is 6. The van der Waals surface area contributed by atoms with Crippen LogP contribution in [0.1, 0.15) is 42.5 Å². The van der Waals surface area contributed by atoms with E-state index in [4.69, 9.17) is 10.5 Å². The van der Waals surface area contributed by atoms with E-state index in [1.807, 2.05) is 54.2 Å². The molecule has 1 aliphatic heterocycles. The van der Waals surface area contributed by atoms with Crippen molar-refractivity contribution in [3.05, 3.63) is 89.5 Å². The normalized spacial score (nSPS) is 15.3. The van der Waals surface area contributed by atoms with Gasteiger partial charge in [0.25, 0.3) is 0 Å². The first-order valence-electron chi connectivity index (χ1n) is 10.7. The Kier molecular flexibility index (Phi) is 4.94. The van der Waals surface area contributed by atoms with Crippen LogP contribution in [0.5, 0.6) is 5.88 Å². The largest absolute Gasteiger partial charge is 0.422 e. The summed E-state index contributed by atoms with van der Waals surface area (Å²) < 4.78 is 9.53. The summed E-state index contributed by atoms with van der Waals surface area (Å²) in [5.74, 6) is 1.35. The highest BCUT2D eigenvalue weighted by Crippen LogP contribution is 2.45. The summed E-state index contributed by atoms with van der Waals surface area (Å²) in [6, 6.07) is 14.2. The Morgan fingerprint density at radius 3 is 2.48 bits per heavy atom. The van der Waals surface area contributed by atoms with Crippen molar-refractivity contribution in [2.24, 2.45) is 12.8 Å². The lowest BCUT2D eigenvalue weighted by Crippen LogP contribution is -2.22. The maximum atomic E-state index is 9.91. The molecule has 0 spiro atoms. The quantitative estimate of drug-likeness (QED) is 0.517. The number of fused-ring (bicyclic) bond motifs is 1. The van der Waals surface area contributed by atoms with Gasteiger partial charge in [0.15, 0.2) is 0 Å². The average Bonchev–Trinajstić information content (AvgIpc) is 3.44. The van der Waals surface area contributed by atoms with Crippen LogP contribution in [0, 0.1) is 11.3 Å². The van der Waals surface area contributed by atoms with Crippen LogP contribution in [0.4, 0.5) is 0 Å². The minimum absolute atomic E-state index is 0.118. The molecule has 0 saturated heterocycles. The maximum absolute atomic E-state index is 9.91. The van der Waals surface area contributed by atoms with Crippen LogP contribution >= 0.6 is 0 Å². The zero-order valence-corrected chi connectivity index (χ0v) is 18.6. The van der Waals surface area contributed by atoms with Gasteiger partial charge in [-0.3, -0.25) is 9.55 Å². The van der Waals surface area contributed by atoms with Gasteiger partial charge >= 0.3 is 0 Å². The van der Waals surface area contributed by atoms with E-state index in [1.165, 1.54) is 0 Å². The molecule has 4 aromatic rings. The molecule has 0 amide bonds. The number of imidazole rings is 1. The zero-order valence-electron chi connectivity index (χ0n) is 18.6. The van der Waals surface area contributed by atoms with Crippen molar-refractivity contribution in [1.82, 2.24) is 24.3 Å². The Morgan fingerprint density at radius 2 is 1.82 bits per heavy atom. The van der Waals surface area contributed by atoms with Crippen LogP contribution in [0.15, 0.2) is 72.6 Å². The van der Waals surface area contributed by atoms with Crippen LogP contribution in [0.25, 0.3) is 17.1 Å². The highest BCUT2D eigenvalue weighted by atomic mass is 16.5. The summed E-state index contributed by atoms with van der Waals surface area (Å²) in [5.41, 5.74) is 11.2. The molecule has 2 N–H and O–H groups in total. The van der Waals surface area contributed by atoms with Crippen LogP contribution in [0.2, 0.25) is 0 Å². The van der Waals surface area contributed by atoms with E-state index in [9.17, 15) is 5.26 Å². The van der Waals surface area contributed by atoms with Crippen LogP contribution in [-0.4, -0.2) is 24.3 Å². The second-order valence-electron chi connectivity index (χ2n) is 8.26. The van der Waals surface area contributed by atoms with E-state index in [0.717, 1.165) is 33.9 Å². The third kappa shape index (κ3) is 3.34. The molecule has 0 bridgehead atoms. The standard InChI is InChI=1S/C25H23N7O/c1-15(2)22-21-20(19(14-26)23(27)33-25(21)31(3)30-22)16-4-6-18(7-5-16)32-13-12-29-24(32)17-8-10-28-11-9-17/h4-13,15,20H,27H2,1-3H3. The number of benzene rings is 1. The SMILES string of the molecule is CC(C)c1nn(C)c2c1C(c1ccc(-n3ccnc3-c3ccncc3)cc1)C(C#N)=C(N)O2. The van der Waals surface area contributed by atoms with E-state index in [1.54, 1.807) is 23.3 Å². The fourth-order valence-electron chi connectivity index (χ4n) is 4.32. The van der Waals surface area contributed by atoms with E-state index >= 15 is 0 Å². The first-order valence-corrected chi connectivity index (χ1v) is 10.7. The second-order valence-corrected chi connectivity index (χ2v) is 8.26. The highest BCUT2D eigenvalue weighted by molar-refractivity contribution is 5.60. The molecule has 33 heavy (non-hydrogen) atoms. The van der Waals surface area contributed by atoms with E-state index < -0.39 is 0 Å². The van der Waals surface area contributed by atoms with Gasteiger partial charge in [0, 0.05) is 43.1 Å². The van der Waals surface area contributed by atoms with E-state index in [2.05, 4.69) is 35.0 Å². The molecule has 8 nitrogen and oxygen atoms in total. The summed E-state index contributed by atoms with van der Waals surface area (Å²) in [5, 5.41) is 14.6. The third-order valence-electron chi connectivity index (χ3n) is 5.86. The molecule has 0 radical (unpaired) electrons. The molecule has 0 aliphatic carbocycles. The Labute approximate surface area is 191 Å². The van der Waals surface area contributed by atoms with Crippen molar-refractivity contribution < 1.29 is 4.74 Å². The van der Waals surface area contributed by atoms with Crippen LogP contribution in [-0.2, 0) is 7.05 Å². The van der Waals surface area contributed by atoms with Crippen molar-refractivity contribution in [3.63, 3.8) is 0 Å². The van der Waals surface area contributed by atoms with Gasteiger partial charge in [0.05, 0.1) is 17.2 Å². The first kappa shape index (κ1) is 20.5. The van der Waals surface area contributed by atoms with Gasteiger partial charge in [-0.15, -0.1) is 0 Å². The Morgan fingerprint density at radius 1 is 1.09 bits per heavy atom. The van der Waals surface area contributed by atoms with Crippen LogP contribution < -0.4 is 10.5 Å². The first-order chi connectivity index (χ1) is 16.0. The van der Waals surface area contributed by atoms with Gasteiger partial charge in [-0.05, 0) is 35.7 Å². The van der Waals surface area contributed by atoms with Gasteiger partial charge in [-0.2, -0.15) is 10.4 Å². The van der Waals surface area contributed by atoms with Gasteiger partial charge in [0.2, 0.25) is 11.8 Å². The van der Waals surface area contributed by atoms with E-state index in [-0.39, 0.29) is 17.7 Å². The van der Waals surface area contributed by atoms with Crippen molar-refractivity contribution >= 4 is 0 Å². The minimum atomic E-state index is -0.346. The van der Waals surface area contributed by atoms with Crippen molar-refractivity contribution in [3.8, 4) is 29.0 Å². The third-order valence-corrected chi connectivity index (χ3v) is 5.86. The van der Waals surface area contributed by atoms with Crippen molar-refractivity contribution in [2.75, 3.05) is 0 Å². The zero-order chi connectivity index (χ0) is 23.1. The minimum Gasteiger partial charge on any atom is -0.422 e. The van der Waals surface area contributed by atoms with Gasteiger partial charge in [0.1, 0.15) is 17.5 Å². The van der Waals surface area contributed by atoms with Crippen molar-refractivity contribution in [2.45, 2.75) is 25.7 Å². The summed E-state index contributed by atoms with van der Waals surface area (Å²) in [7, 11) is 1.83. The number of aromatic nitrogens is 5. The summed E-state index contributed by atoms with van der Waals surface area (Å²) in [4.78, 5) is 8.60. The smallest absolute Gasteiger partial charge is 0.224 e. The molecule has 0 saturated carbocycles. The number of hydrogen-bond acceptors (Lipinski definition) is 6. The van der Waals surface area contributed by atoms with Gasteiger partial charge in [-0.25, -0.2) is 9.67 Å². The Balaban J connectivity index is 1.60. The molecule has 1 aromatic carbocycles. The average molecular weight is 438 g/mol. The molecule has 164 valence electrons. The Bertz CT molecular complexity index is 1390. The molecule has 4 heterocycles. The number of hydrogen-bond donors (Lipinski definition) is 1. The second kappa shape index (κ2) is 7.95. The lowest BCUT2D eigenvalue weighted by atomic mass is 9.82. The number of nitrogens with two attached hydrogens (primary N) is 1. The maximum Gasteiger partial charge on any atom is 0.224 e. The predicted octanol–water partition coefficient (Wildman–Crippen LogP) is 4.01. The Hall–Kier alpha value is -4.38. The molecule has 1 atom stereocenters. The number of pyridine rings is 1. The number of aryl methyl sites for hydroxylation is 1. The molecule has 3 aromatic heterocycles. The molecular formula is C25H23N7O. The molecular weight excluding hydrogens is 414 g/mol. The number of nitriles is 1. The number of allylic oxidation sites excluding steroid dienone is 1. The lowest BCUT2D eigenvalue weighted by molar-refractivity contribution is 0.358. The van der Waals surface area contributed by atoms with E-state index in [0.29, 0.717) is 11.5 Å². The lowest BCUT2D eigenvalue weighted by Gasteiger charge is -2.25. The molecule has 8 heteroatoms. The summed E-state index contributed by atoms with van der Waals surface area (Å²) in [6.45, 7) is 4.16. The predicted molar refractivity (Wildman–Crippen MR) is 123 cm³/mol. The molecule has 0 fully saturated rings. The summed E-state index contributed by atoms with van der Waals surface area (Å²) in [6.07, 6.45) is 7.20. The van der Waals surface area contributed by atoms with Gasteiger partial charge in [-0.1, -0.05) is 26.0 Å². The van der Waals surface area contributed by atoms with Crippen molar-refractivity contribution in [1.29, 1.82) is 5.26 Å². The summed E-state index contributed by atoms with van der Waals surface area (Å²) >= 11 is 0. The van der Waals surface area contributed by atoms with Crippen LogP contribution in [0.3, 0.4) is 0 Å². The fraction of sp³-hybridized carbons (Fsp3) is 0.200. The molecule has 1 aliphatic rings. The topological polar surface area (TPSA) is 108 Å². The van der Waals surface area contributed by atoms with Gasteiger partial charge < -0.3 is 10.5 Å². The fourth-order valence-corrected chi connectivity index (χ4v) is 4.32.